The molecule has 5 heteroatoms. The van der Waals surface area contributed by atoms with Crippen LogP contribution in [0.5, 0.6) is 0 Å². The SMILES string of the molecule is Cc1ccc(NC(=O)O)c(NCC2(CC#N)CC2)c1. The molecule has 5 nitrogen and oxygen atoms in total. The predicted molar refractivity (Wildman–Crippen MR) is 73.2 cm³/mol. The highest BCUT2D eigenvalue weighted by Gasteiger charge is 2.42. The highest BCUT2D eigenvalue weighted by atomic mass is 16.4. The number of nitrogens with zero attached hydrogens (tertiary/aromatic N) is 1. The molecule has 0 bridgehead atoms. The van der Waals surface area contributed by atoms with Crippen molar-refractivity contribution in [3.05, 3.63) is 23.8 Å². The fraction of sp³-hybridized carbons (Fsp3) is 0.429. The van der Waals surface area contributed by atoms with Gasteiger partial charge in [-0.25, -0.2) is 4.79 Å². The lowest BCUT2D eigenvalue weighted by Gasteiger charge is -2.16. The Morgan fingerprint density at radius 2 is 2.21 bits per heavy atom. The monoisotopic (exact) mass is 259 g/mol. The quantitative estimate of drug-likeness (QED) is 0.758. The predicted octanol–water partition coefficient (Wildman–Crippen LogP) is 3.19. The van der Waals surface area contributed by atoms with Gasteiger partial charge in [0.1, 0.15) is 0 Å². The summed E-state index contributed by atoms with van der Waals surface area (Å²) in [5, 5.41) is 23.2. The van der Waals surface area contributed by atoms with Crippen molar-refractivity contribution in [3.63, 3.8) is 0 Å². The molecule has 0 spiro atoms. The van der Waals surface area contributed by atoms with Crippen molar-refractivity contribution < 1.29 is 9.90 Å². The highest BCUT2D eigenvalue weighted by Crippen LogP contribution is 2.48. The summed E-state index contributed by atoms with van der Waals surface area (Å²) < 4.78 is 0. The molecule has 1 amide bonds. The van der Waals surface area contributed by atoms with Gasteiger partial charge in [-0.05, 0) is 37.5 Å². The zero-order valence-electron chi connectivity index (χ0n) is 10.9. The van der Waals surface area contributed by atoms with E-state index in [-0.39, 0.29) is 5.41 Å². The Morgan fingerprint density at radius 3 is 2.79 bits per heavy atom. The van der Waals surface area contributed by atoms with Gasteiger partial charge < -0.3 is 10.4 Å². The van der Waals surface area contributed by atoms with Crippen LogP contribution in [-0.2, 0) is 0 Å². The van der Waals surface area contributed by atoms with Gasteiger partial charge in [0.25, 0.3) is 0 Å². The number of nitrogens with one attached hydrogen (secondary N) is 2. The average molecular weight is 259 g/mol. The van der Waals surface area contributed by atoms with Gasteiger partial charge in [0.15, 0.2) is 0 Å². The summed E-state index contributed by atoms with van der Waals surface area (Å²) in [5.41, 5.74) is 2.46. The van der Waals surface area contributed by atoms with Crippen LogP contribution in [0.4, 0.5) is 16.2 Å². The van der Waals surface area contributed by atoms with Crippen LogP contribution in [0.25, 0.3) is 0 Å². The Kier molecular flexibility index (Phi) is 3.61. The Morgan fingerprint density at radius 1 is 1.47 bits per heavy atom. The standard InChI is InChI=1S/C14H17N3O2/c1-10-2-3-11(17-13(18)19)12(8-10)16-9-14(4-5-14)6-7-15/h2-3,8,16-17H,4-6,9H2,1H3,(H,18,19). The highest BCUT2D eigenvalue weighted by molar-refractivity contribution is 5.88. The summed E-state index contributed by atoms with van der Waals surface area (Å²) in [6.07, 6.45) is 1.58. The number of benzene rings is 1. The van der Waals surface area contributed by atoms with Crippen LogP contribution < -0.4 is 10.6 Å². The Hall–Kier alpha value is -2.22. The van der Waals surface area contributed by atoms with Crippen molar-refractivity contribution >= 4 is 17.5 Å². The Labute approximate surface area is 112 Å². The lowest BCUT2D eigenvalue weighted by molar-refractivity contribution is 0.210. The molecule has 0 aromatic heterocycles. The molecule has 19 heavy (non-hydrogen) atoms. The van der Waals surface area contributed by atoms with E-state index in [0.717, 1.165) is 24.1 Å². The van der Waals surface area contributed by atoms with E-state index in [9.17, 15) is 4.79 Å². The van der Waals surface area contributed by atoms with E-state index in [2.05, 4.69) is 16.7 Å². The zero-order valence-corrected chi connectivity index (χ0v) is 10.9. The van der Waals surface area contributed by atoms with Crippen molar-refractivity contribution in [2.75, 3.05) is 17.2 Å². The third-order valence-corrected chi connectivity index (χ3v) is 3.48. The van der Waals surface area contributed by atoms with Crippen LogP contribution in [0, 0.1) is 23.7 Å². The van der Waals surface area contributed by atoms with Crippen molar-refractivity contribution in [1.29, 1.82) is 5.26 Å². The maximum Gasteiger partial charge on any atom is 0.409 e. The van der Waals surface area contributed by atoms with Crippen LogP contribution in [0.3, 0.4) is 0 Å². The van der Waals surface area contributed by atoms with Gasteiger partial charge in [0.2, 0.25) is 0 Å². The van der Waals surface area contributed by atoms with E-state index >= 15 is 0 Å². The van der Waals surface area contributed by atoms with Gasteiger partial charge in [-0.3, -0.25) is 5.32 Å². The lowest BCUT2D eigenvalue weighted by Crippen LogP contribution is -2.17. The second-order valence-electron chi connectivity index (χ2n) is 5.17. The molecular formula is C14H17N3O2. The van der Waals surface area contributed by atoms with E-state index < -0.39 is 6.09 Å². The lowest BCUT2D eigenvalue weighted by atomic mass is 10.0. The van der Waals surface area contributed by atoms with Gasteiger partial charge in [0.05, 0.1) is 17.4 Å². The first-order chi connectivity index (χ1) is 9.04. The molecule has 2 rings (SSSR count). The van der Waals surface area contributed by atoms with Crippen molar-refractivity contribution in [2.45, 2.75) is 26.2 Å². The number of rotatable bonds is 5. The molecule has 1 aromatic rings. The molecule has 1 saturated carbocycles. The summed E-state index contributed by atoms with van der Waals surface area (Å²) in [6.45, 7) is 2.66. The molecule has 1 aliphatic carbocycles. The van der Waals surface area contributed by atoms with E-state index in [1.165, 1.54) is 0 Å². The zero-order chi connectivity index (χ0) is 13.9. The molecule has 0 heterocycles. The molecule has 3 N–H and O–H groups in total. The first kappa shape index (κ1) is 13.2. The normalized spacial score (nSPS) is 15.4. The molecule has 0 unspecified atom stereocenters. The summed E-state index contributed by atoms with van der Waals surface area (Å²) in [7, 11) is 0. The van der Waals surface area contributed by atoms with Crippen LogP contribution in [0.2, 0.25) is 0 Å². The topological polar surface area (TPSA) is 85.2 Å². The maximum absolute atomic E-state index is 10.7. The molecule has 0 aliphatic heterocycles. The number of carbonyl (C=O) groups is 1. The number of nitriles is 1. The van der Waals surface area contributed by atoms with Crippen LogP contribution in [0.15, 0.2) is 18.2 Å². The molecule has 0 radical (unpaired) electrons. The molecule has 1 aliphatic rings. The second-order valence-corrected chi connectivity index (χ2v) is 5.17. The third-order valence-electron chi connectivity index (χ3n) is 3.48. The Bertz CT molecular complexity index is 530. The first-order valence-corrected chi connectivity index (χ1v) is 6.26. The smallest absolute Gasteiger partial charge is 0.409 e. The number of anilines is 2. The number of aryl methyl sites for hydroxylation is 1. The van der Waals surface area contributed by atoms with Crippen molar-refractivity contribution in [1.82, 2.24) is 0 Å². The summed E-state index contributed by atoms with van der Waals surface area (Å²) in [6, 6.07) is 7.73. The molecule has 100 valence electrons. The van der Waals surface area contributed by atoms with Gasteiger partial charge in [-0.1, -0.05) is 6.07 Å². The minimum atomic E-state index is -1.08. The molecule has 1 fully saturated rings. The average Bonchev–Trinajstić information content (AvgIpc) is 3.10. The number of hydrogen-bond donors (Lipinski definition) is 3. The number of amides is 1. The molecule has 1 aromatic carbocycles. The summed E-state index contributed by atoms with van der Waals surface area (Å²) in [4.78, 5) is 10.7. The summed E-state index contributed by atoms with van der Waals surface area (Å²) in [5.74, 6) is 0. The third kappa shape index (κ3) is 3.38. The van der Waals surface area contributed by atoms with Gasteiger partial charge >= 0.3 is 6.09 Å². The maximum atomic E-state index is 10.7. The van der Waals surface area contributed by atoms with Crippen LogP contribution in [-0.4, -0.2) is 17.7 Å². The number of carboxylic acid groups (broad SMARTS) is 1. The molecule has 0 saturated heterocycles. The van der Waals surface area contributed by atoms with E-state index in [1.807, 2.05) is 19.1 Å². The minimum Gasteiger partial charge on any atom is -0.465 e. The second kappa shape index (κ2) is 5.19. The van der Waals surface area contributed by atoms with E-state index in [4.69, 9.17) is 10.4 Å². The van der Waals surface area contributed by atoms with Gasteiger partial charge in [-0.15, -0.1) is 0 Å². The minimum absolute atomic E-state index is 0.0823. The molecular weight excluding hydrogens is 242 g/mol. The Balaban J connectivity index is 2.08. The molecule has 0 atom stereocenters. The number of hydrogen-bond acceptors (Lipinski definition) is 3. The van der Waals surface area contributed by atoms with Crippen LogP contribution in [0.1, 0.15) is 24.8 Å². The fourth-order valence-corrected chi connectivity index (χ4v) is 2.07. The van der Waals surface area contributed by atoms with Gasteiger partial charge in [-0.2, -0.15) is 5.26 Å². The van der Waals surface area contributed by atoms with E-state index in [1.54, 1.807) is 6.07 Å². The fourth-order valence-electron chi connectivity index (χ4n) is 2.07. The van der Waals surface area contributed by atoms with E-state index in [0.29, 0.717) is 18.7 Å². The van der Waals surface area contributed by atoms with Crippen molar-refractivity contribution in [2.24, 2.45) is 5.41 Å². The van der Waals surface area contributed by atoms with Gasteiger partial charge in [0, 0.05) is 18.4 Å². The summed E-state index contributed by atoms with van der Waals surface area (Å²) >= 11 is 0. The van der Waals surface area contributed by atoms with Crippen LogP contribution >= 0.6 is 0 Å². The first-order valence-electron chi connectivity index (χ1n) is 6.26. The largest absolute Gasteiger partial charge is 0.465 e. The van der Waals surface area contributed by atoms with Crippen molar-refractivity contribution in [3.8, 4) is 6.07 Å².